The van der Waals surface area contributed by atoms with Gasteiger partial charge in [0.25, 0.3) is 5.91 Å². The molecule has 4 heteroatoms. The van der Waals surface area contributed by atoms with Crippen LogP contribution in [0.25, 0.3) is 11.3 Å². The molecular formula is C18H23N3O. The molecule has 116 valence electrons. The van der Waals surface area contributed by atoms with E-state index in [1.165, 1.54) is 0 Å². The van der Waals surface area contributed by atoms with Crippen LogP contribution in [0.1, 0.15) is 24.3 Å². The number of carbonyl (C=O) groups is 1. The van der Waals surface area contributed by atoms with Gasteiger partial charge in [-0.15, -0.1) is 0 Å². The molecule has 0 spiro atoms. The number of nitrogens with one attached hydrogen (secondary N) is 1. The van der Waals surface area contributed by atoms with Crippen molar-refractivity contribution in [1.29, 1.82) is 0 Å². The standard InChI is InChI=1S/C18H23N3O/c1-18(2)13-21(12-11-19-18)17(22)16-10-9-15(20(16)3)14-7-5-4-6-8-14/h4-10,19H,11-13H2,1-3H3. The third-order valence-corrected chi connectivity index (χ3v) is 4.27. The Balaban J connectivity index is 1.87. The minimum Gasteiger partial charge on any atom is -0.340 e. The van der Waals surface area contributed by atoms with Gasteiger partial charge in [0.1, 0.15) is 5.69 Å². The Labute approximate surface area is 131 Å². The Morgan fingerprint density at radius 1 is 1.14 bits per heavy atom. The molecule has 0 aliphatic carbocycles. The van der Waals surface area contributed by atoms with Crippen molar-refractivity contribution in [3.8, 4) is 11.3 Å². The smallest absolute Gasteiger partial charge is 0.270 e. The minimum atomic E-state index is -0.0265. The largest absolute Gasteiger partial charge is 0.340 e. The Morgan fingerprint density at radius 2 is 1.86 bits per heavy atom. The van der Waals surface area contributed by atoms with Gasteiger partial charge in [-0.1, -0.05) is 30.3 Å². The molecule has 1 aliphatic heterocycles. The molecule has 22 heavy (non-hydrogen) atoms. The zero-order chi connectivity index (χ0) is 15.7. The first-order valence-electron chi connectivity index (χ1n) is 7.73. The second-order valence-corrected chi connectivity index (χ2v) is 6.57. The average Bonchev–Trinajstić information content (AvgIpc) is 2.88. The van der Waals surface area contributed by atoms with E-state index >= 15 is 0 Å². The highest BCUT2D eigenvalue weighted by atomic mass is 16.2. The van der Waals surface area contributed by atoms with Gasteiger partial charge in [-0.05, 0) is 31.5 Å². The molecule has 1 aromatic heterocycles. The van der Waals surface area contributed by atoms with E-state index in [-0.39, 0.29) is 11.4 Å². The Morgan fingerprint density at radius 3 is 2.55 bits per heavy atom. The van der Waals surface area contributed by atoms with Crippen molar-refractivity contribution in [2.45, 2.75) is 19.4 Å². The molecule has 2 heterocycles. The summed E-state index contributed by atoms with van der Waals surface area (Å²) in [6.45, 7) is 6.60. The van der Waals surface area contributed by atoms with Crippen molar-refractivity contribution >= 4 is 5.91 Å². The maximum atomic E-state index is 12.8. The van der Waals surface area contributed by atoms with Crippen molar-refractivity contribution in [2.24, 2.45) is 7.05 Å². The Hall–Kier alpha value is -2.07. The molecule has 1 fully saturated rings. The highest BCUT2D eigenvalue weighted by Crippen LogP contribution is 2.23. The summed E-state index contributed by atoms with van der Waals surface area (Å²) in [7, 11) is 1.96. The number of hydrogen-bond acceptors (Lipinski definition) is 2. The first-order valence-corrected chi connectivity index (χ1v) is 7.73. The fraction of sp³-hybridized carbons (Fsp3) is 0.389. The van der Waals surface area contributed by atoms with Crippen LogP contribution in [0.5, 0.6) is 0 Å². The lowest BCUT2D eigenvalue weighted by Gasteiger charge is -2.39. The third-order valence-electron chi connectivity index (χ3n) is 4.27. The topological polar surface area (TPSA) is 37.3 Å². The van der Waals surface area contributed by atoms with Gasteiger partial charge in [-0.3, -0.25) is 4.79 Å². The Bertz CT molecular complexity index is 673. The summed E-state index contributed by atoms with van der Waals surface area (Å²) in [5, 5.41) is 3.44. The quantitative estimate of drug-likeness (QED) is 0.925. The van der Waals surface area contributed by atoms with Crippen molar-refractivity contribution < 1.29 is 4.79 Å². The summed E-state index contributed by atoms with van der Waals surface area (Å²) < 4.78 is 1.99. The van der Waals surface area contributed by atoms with E-state index in [2.05, 4.69) is 31.3 Å². The van der Waals surface area contributed by atoms with Crippen LogP contribution in [0.15, 0.2) is 42.5 Å². The van der Waals surface area contributed by atoms with Gasteiger partial charge in [-0.2, -0.15) is 0 Å². The monoisotopic (exact) mass is 297 g/mol. The van der Waals surface area contributed by atoms with Crippen molar-refractivity contribution in [2.75, 3.05) is 19.6 Å². The Kier molecular flexibility index (Phi) is 3.79. The van der Waals surface area contributed by atoms with Crippen LogP contribution in [-0.4, -0.2) is 40.5 Å². The van der Waals surface area contributed by atoms with Gasteiger partial charge in [0, 0.05) is 37.9 Å². The molecule has 4 nitrogen and oxygen atoms in total. The predicted molar refractivity (Wildman–Crippen MR) is 88.8 cm³/mol. The first-order chi connectivity index (χ1) is 10.5. The molecule has 0 saturated carbocycles. The van der Waals surface area contributed by atoms with E-state index in [0.717, 1.165) is 36.6 Å². The number of carbonyl (C=O) groups excluding carboxylic acids is 1. The van der Waals surface area contributed by atoms with Gasteiger partial charge in [-0.25, -0.2) is 0 Å². The van der Waals surface area contributed by atoms with Crippen molar-refractivity contribution in [3.63, 3.8) is 0 Å². The zero-order valence-electron chi connectivity index (χ0n) is 13.5. The molecule has 1 saturated heterocycles. The predicted octanol–water partition coefficient (Wildman–Crippen LogP) is 2.52. The zero-order valence-corrected chi connectivity index (χ0v) is 13.5. The number of nitrogens with zero attached hydrogens (tertiary/aromatic N) is 2. The van der Waals surface area contributed by atoms with Gasteiger partial charge in [0.05, 0.1) is 0 Å². The van der Waals surface area contributed by atoms with Crippen molar-refractivity contribution in [3.05, 3.63) is 48.2 Å². The summed E-state index contributed by atoms with van der Waals surface area (Å²) in [4.78, 5) is 14.8. The van der Waals surface area contributed by atoms with Gasteiger partial charge < -0.3 is 14.8 Å². The SMILES string of the molecule is Cn1c(C(=O)N2CCNC(C)(C)C2)ccc1-c1ccccc1. The molecule has 0 radical (unpaired) electrons. The molecule has 1 amide bonds. The number of hydrogen-bond donors (Lipinski definition) is 1. The second kappa shape index (κ2) is 5.61. The summed E-state index contributed by atoms with van der Waals surface area (Å²) in [6, 6.07) is 14.1. The summed E-state index contributed by atoms with van der Waals surface area (Å²) in [5.41, 5.74) is 2.92. The number of aromatic nitrogens is 1. The molecule has 1 aliphatic rings. The van der Waals surface area contributed by atoms with E-state index in [1.54, 1.807) is 0 Å². The second-order valence-electron chi connectivity index (χ2n) is 6.57. The van der Waals surface area contributed by atoms with E-state index < -0.39 is 0 Å². The summed E-state index contributed by atoms with van der Waals surface area (Å²) in [5.74, 6) is 0.110. The maximum absolute atomic E-state index is 12.8. The highest BCUT2D eigenvalue weighted by Gasteiger charge is 2.30. The van der Waals surface area contributed by atoms with Crippen LogP contribution in [0, 0.1) is 0 Å². The summed E-state index contributed by atoms with van der Waals surface area (Å²) in [6.07, 6.45) is 0. The number of piperazine rings is 1. The number of benzene rings is 1. The normalized spacial score (nSPS) is 17.5. The lowest BCUT2D eigenvalue weighted by molar-refractivity contribution is 0.0643. The van der Waals surface area contributed by atoms with E-state index in [9.17, 15) is 4.79 Å². The number of rotatable bonds is 2. The van der Waals surface area contributed by atoms with Gasteiger partial charge in [0.2, 0.25) is 0 Å². The van der Waals surface area contributed by atoms with Crippen LogP contribution < -0.4 is 5.32 Å². The van der Waals surface area contributed by atoms with Crippen LogP contribution in [0.2, 0.25) is 0 Å². The molecule has 1 N–H and O–H groups in total. The van der Waals surface area contributed by atoms with Gasteiger partial charge in [0.15, 0.2) is 0 Å². The first kappa shape index (κ1) is 14.9. The van der Waals surface area contributed by atoms with Crippen LogP contribution >= 0.6 is 0 Å². The molecule has 1 aromatic carbocycles. The van der Waals surface area contributed by atoms with E-state index in [0.29, 0.717) is 0 Å². The maximum Gasteiger partial charge on any atom is 0.270 e. The van der Waals surface area contributed by atoms with Gasteiger partial charge >= 0.3 is 0 Å². The molecule has 0 unspecified atom stereocenters. The average molecular weight is 297 g/mol. The molecule has 0 bridgehead atoms. The highest BCUT2D eigenvalue weighted by molar-refractivity contribution is 5.94. The van der Waals surface area contributed by atoms with E-state index in [4.69, 9.17) is 0 Å². The lowest BCUT2D eigenvalue weighted by Crippen LogP contribution is -2.58. The van der Waals surface area contributed by atoms with Crippen LogP contribution in [0.4, 0.5) is 0 Å². The fourth-order valence-electron chi connectivity index (χ4n) is 3.10. The summed E-state index contributed by atoms with van der Waals surface area (Å²) >= 11 is 0. The van der Waals surface area contributed by atoms with Crippen LogP contribution in [0.3, 0.4) is 0 Å². The van der Waals surface area contributed by atoms with E-state index in [1.807, 2.05) is 46.8 Å². The van der Waals surface area contributed by atoms with Crippen LogP contribution in [-0.2, 0) is 7.05 Å². The van der Waals surface area contributed by atoms with Crippen molar-refractivity contribution in [1.82, 2.24) is 14.8 Å². The molecule has 0 atom stereocenters. The fourth-order valence-corrected chi connectivity index (χ4v) is 3.10. The molecule has 3 rings (SSSR count). The lowest BCUT2D eigenvalue weighted by atomic mass is 10.0. The number of amides is 1. The third kappa shape index (κ3) is 2.79. The minimum absolute atomic E-state index is 0.0265. The molecular weight excluding hydrogens is 274 g/mol. The molecule has 2 aromatic rings.